The Balaban J connectivity index is 1.71. The first-order valence-electron chi connectivity index (χ1n) is 10.8. The third-order valence-corrected chi connectivity index (χ3v) is 6.56. The van der Waals surface area contributed by atoms with Crippen molar-refractivity contribution in [1.82, 2.24) is 0 Å². The highest BCUT2D eigenvalue weighted by molar-refractivity contribution is 7.99. The molecule has 3 aromatic carbocycles. The predicted molar refractivity (Wildman–Crippen MR) is 133 cm³/mol. The summed E-state index contributed by atoms with van der Waals surface area (Å²) < 4.78 is 11.3. The first-order chi connectivity index (χ1) is 16.0. The summed E-state index contributed by atoms with van der Waals surface area (Å²) in [5, 5.41) is 9.32. The lowest BCUT2D eigenvalue weighted by molar-refractivity contribution is -0.142. The predicted octanol–water partition coefficient (Wildman–Crippen LogP) is 6.64. The van der Waals surface area contributed by atoms with E-state index in [2.05, 4.69) is 6.92 Å². The van der Waals surface area contributed by atoms with Crippen molar-refractivity contribution in [1.29, 1.82) is 0 Å². The van der Waals surface area contributed by atoms with Crippen LogP contribution in [0.4, 0.5) is 5.69 Å². The molecule has 1 unspecified atom stereocenters. The standard InChI is InChI=1S/C26H28ClNO4S/c1-2-7-19(16-31-17-24(29)30)22-12-13-23(26(28)25(22)27)33-21-11-6-10-20(14-21)32-15-18-8-4-3-5-9-18/h3-6,8-14,19H,2,7,15-17,28H2,1H3,(H,29,30). The largest absolute Gasteiger partial charge is 0.489 e. The van der Waals surface area contributed by atoms with Gasteiger partial charge in [-0.2, -0.15) is 0 Å². The average molecular weight is 486 g/mol. The van der Waals surface area contributed by atoms with Crippen LogP contribution in [-0.2, 0) is 16.1 Å². The van der Waals surface area contributed by atoms with Crippen molar-refractivity contribution in [2.75, 3.05) is 18.9 Å². The minimum Gasteiger partial charge on any atom is -0.489 e. The highest BCUT2D eigenvalue weighted by atomic mass is 35.5. The monoisotopic (exact) mass is 485 g/mol. The lowest BCUT2D eigenvalue weighted by Gasteiger charge is -2.20. The van der Waals surface area contributed by atoms with Gasteiger partial charge in [0.05, 0.1) is 17.3 Å². The number of hydrogen-bond donors (Lipinski definition) is 2. The van der Waals surface area contributed by atoms with Gasteiger partial charge in [-0.25, -0.2) is 4.79 Å². The lowest BCUT2D eigenvalue weighted by Crippen LogP contribution is -2.14. The third kappa shape index (κ3) is 7.42. The summed E-state index contributed by atoms with van der Waals surface area (Å²) in [6.07, 6.45) is 1.75. The molecule has 7 heteroatoms. The molecule has 5 nitrogen and oxygen atoms in total. The van der Waals surface area contributed by atoms with Gasteiger partial charge < -0.3 is 20.3 Å². The Morgan fingerprint density at radius 2 is 1.91 bits per heavy atom. The second-order valence-corrected chi connectivity index (χ2v) is 9.12. The Bertz CT molecular complexity index is 1060. The second kappa shape index (κ2) is 12.5. The number of ether oxygens (including phenoxy) is 2. The SMILES string of the molecule is CCCC(COCC(=O)O)c1ccc(Sc2cccc(OCc3ccccc3)c2)c(N)c1Cl. The van der Waals surface area contributed by atoms with Crippen LogP contribution in [0.25, 0.3) is 0 Å². The molecule has 1 atom stereocenters. The zero-order chi connectivity index (χ0) is 23.6. The summed E-state index contributed by atoms with van der Waals surface area (Å²) in [4.78, 5) is 12.6. The fraction of sp³-hybridized carbons (Fsp3) is 0.269. The molecule has 0 aliphatic heterocycles. The van der Waals surface area contributed by atoms with Gasteiger partial charge in [-0.3, -0.25) is 0 Å². The Labute approximate surface area is 203 Å². The van der Waals surface area contributed by atoms with Crippen LogP contribution in [0.5, 0.6) is 5.75 Å². The topological polar surface area (TPSA) is 81.8 Å². The molecule has 3 N–H and O–H groups in total. The number of benzene rings is 3. The molecule has 3 rings (SSSR count). The molecule has 0 heterocycles. The van der Waals surface area contributed by atoms with Gasteiger partial charge in [0.1, 0.15) is 19.0 Å². The van der Waals surface area contributed by atoms with E-state index in [1.54, 1.807) is 0 Å². The number of aliphatic carboxylic acids is 1. The van der Waals surface area contributed by atoms with Crippen LogP contribution in [0.3, 0.4) is 0 Å². The number of nitrogens with two attached hydrogens (primary N) is 1. The van der Waals surface area contributed by atoms with Crippen molar-refractivity contribution in [2.45, 2.75) is 42.1 Å². The van der Waals surface area contributed by atoms with Crippen molar-refractivity contribution < 1.29 is 19.4 Å². The van der Waals surface area contributed by atoms with E-state index in [0.717, 1.165) is 39.5 Å². The molecule has 0 amide bonds. The van der Waals surface area contributed by atoms with Crippen LogP contribution < -0.4 is 10.5 Å². The van der Waals surface area contributed by atoms with Gasteiger partial charge >= 0.3 is 5.97 Å². The summed E-state index contributed by atoms with van der Waals surface area (Å²) >= 11 is 8.17. The first-order valence-corrected chi connectivity index (χ1v) is 12.0. The van der Waals surface area contributed by atoms with Crippen LogP contribution in [0.1, 0.15) is 36.8 Å². The lowest BCUT2D eigenvalue weighted by atomic mass is 9.95. The van der Waals surface area contributed by atoms with Crippen LogP contribution in [0.15, 0.2) is 76.5 Å². The number of halogens is 1. The van der Waals surface area contributed by atoms with Crippen molar-refractivity contribution in [3.63, 3.8) is 0 Å². The Morgan fingerprint density at radius 1 is 1.12 bits per heavy atom. The fourth-order valence-electron chi connectivity index (χ4n) is 3.46. The number of carboxylic acids is 1. The number of rotatable bonds is 12. The molecule has 0 radical (unpaired) electrons. The van der Waals surface area contributed by atoms with Crippen LogP contribution >= 0.6 is 23.4 Å². The number of hydrogen-bond acceptors (Lipinski definition) is 5. The Hall–Kier alpha value is -2.67. The Morgan fingerprint density at radius 3 is 2.64 bits per heavy atom. The quantitative estimate of drug-likeness (QED) is 0.280. The highest BCUT2D eigenvalue weighted by Gasteiger charge is 2.19. The molecule has 0 aromatic heterocycles. The summed E-state index contributed by atoms with van der Waals surface area (Å²) in [7, 11) is 0. The first kappa shape index (κ1) is 25.0. The van der Waals surface area contributed by atoms with Gasteiger partial charge in [0.2, 0.25) is 0 Å². The molecule has 0 aliphatic carbocycles. The average Bonchev–Trinajstić information content (AvgIpc) is 2.81. The van der Waals surface area contributed by atoms with E-state index in [0.29, 0.717) is 17.3 Å². The second-order valence-electron chi connectivity index (χ2n) is 7.63. The molecule has 0 aliphatic rings. The number of carbonyl (C=O) groups is 1. The van der Waals surface area contributed by atoms with Crippen LogP contribution in [-0.4, -0.2) is 24.3 Å². The van der Waals surface area contributed by atoms with Crippen molar-refractivity contribution in [2.24, 2.45) is 0 Å². The zero-order valence-electron chi connectivity index (χ0n) is 18.5. The highest BCUT2D eigenvalue weighted by Crippen LogP contribution is 2.41. The Kier molecular flexibility index (Phi) is 9.48. The molecule has 0 saturated carbocycles. The molecule has 174 valence electrons. The summed E-state index contributed by atoms with van der Waals surface area (Å²) in [5.41, 5.74) is 8.89. The third-order valence-electron chi connectivity index (χ3n) is 5.07. The van der Waals surface area contributed by atoms with Gasteiger partial charge in [0.25, 0.3) is 0 Å². The molecular weight excluding hydrogens is 458 g/mol. The summed E-state index contributed by atoms with van der Waals surface area (Å²) in [6.45, 7) is 2.52. The van der Waals surface area contributed by atoms with Crippen molar-refractivity contribution in [3.05, 3.63) is 82.9 Å². The van der Waals surface area contributed by atoms with Gasteiger partial charge in [-0.05, 0) is 41.8 Å². The van der Waals surface area contributed by atoms with E-state index in [4.69, 9.17) is 31.9 Å². The molecule has 0 spiro atoms. The zero-order valence-corrected chi connectivity index (χ0v) is 20.1. The fourth-order valence-corrected chi connectivity index (χ4v) is 4.76. The van der Waals surface area contributed by atoms with Crippen LogP contribution in [0.2, 0.25) is 5.02 Å². The minimum atomic E-state index is -0.988. The van der Waals surface area contributed by atoms with E-state index in [9.17, 15) is 4.79 Å². The molecule has 0 fully saturated rings. The van der Waals surface area contributed by atoms with Crippen molar-refractivity contribution >= 4 is 35.0 Å². The molecular formula is C26H28ClNO4S. The van der Waals surface area contributed by atoms with E-state index < -0.39 is 5.97 Å². The van der Waals surface area contributed by atoms with E-state index in [1.807, 2.05) is 66.7 Å². The molecule has 3 aromatic rings. The van der Waals surface area contributed by atoms with E-state index in [-0.39, 0.29) is 19.1 Å². The summed E-state index contributed by atoms with van der Waals surface area (Å²) in [6, 6.07) is 21.8. The number of carboxylic acid groups (broad SMARTS) is 1. The van der Waals surface area contributed by atoms with Gasteiger partial charge in [0, 0.05) is 15.7 Å². The minimum absolute atomic E-state index is 0.0158. The van der Waals surface area contributed by atoms with E-state index >= 15 is 0 Å². The van der Waals surface area contributed by atoms with Crippen LogP contribution in [0, 0.1) is 0 Å². The maximum absolute atomic E-state index is 10.8. The van der Waals surface area contributed by atoms with E-state index in [1.165, 1.54) is 11.8 Å². The molecule has 33 heavy (non-hydrogen) atoms. The molecule has 0 saturated heterocycles. The number of anilines is 1. The normalized spacial score (nSPS) is 11.8. The smallest absolute Gasteiger partial charge is 0.329 e. The number of nitrogen functional groups attached to an aromatic ring is 1. The van der Waals surface area contributed by atoms with Crippen molar-refractivity contribution in [3.8, 4) is 5.75 Å². The van der Waals surface area contributed by atoms with Gasteiger partial charge in [0.15, 0.2) is 0 Å². The molecule has 0 bridgehead atoms. The maximum atomic E-state index is 10.8. The maximum Gasteiger partial charge on any atom is 0.329 e. The van der Waals surface area contributed by atoms with Gasteiger partial charge in [-0.1, -0.05) is 79.2 Å². The summed E-state index contributed by atoms with van der Waals surface area (Å²) in [5.74, 6) is -0.223. The van der Waals surface area contributed by atoms with Gasteiger partial charge in [-0.15, -0.1) is 0 Å².